The third kappa shape index (κ3) is 5.59. The molecular weight excluding hydrogens is 404 g/mol. The summed E-state index contributed by atoms with van der Waals surface area (Å²) in [4.78, 5) is 34.2. The standard InChI is InChI=1S/C22H24N2O7/c25-13(9-20(27)23-11-19(26)21(28)29)10-24-22(30)31-12-18-16-7-3-1-5-14(16)15-6-2-4-8-17(15)18/h1-8,13,18-19,25-26H,9-12H2,(H,23,27)(H,24,30)(H,28,29). The van der Waals surface area contributed by atoms with Crippen LogP contribution in [0.5, 0.6) is 0 Å². The summed E-state index contributed by atoms with van der Waals surface area (Å²) in [5, 5.41) is 32.1. The van der Waals surface area contributed by atoms with E-state index in [0.29, 0.717) is 0 Å². The highest BCUT2D eigenvalue weighted by Gasteiger charge is 2.29. The summed E-state index contributed by atoms with van der Waals surface area (Å²) >= 11 is 0. The van der Waals surface area contributed by atoms with Crippen LogP contribution in [0.15, 0.2) is 48.5 Å². The van der Waals surface area contributed by atoms with Gasteiger partial charge >= 0.3 is 12.1 Å². The Morgan fingerprint density at radius 1 is 0.903 bits per heavy atom. The van der Waals surface area contributed by atoms with Gasteiger partial charge in [-0.2, -0.15) is 0 Å². The molecule has 2 aromatic carbocycles. The number of amides is 2. The number of aliphatic carboxylic acids is 1. The topological polar surface area (TPSA) is 145 Å². The van der Waals surface area contributed by atoms with Crippen molar-refractivity contribution < 1.29 is 34.4 Å². The second-order valence-electron chi connectivity index (χ2n) is 7.22. The Hall–Kier alpha value is -3.43. The van der Waals surface area contributed by atoms with Crippen LogP contribution in [0, 0.1) is 0 Å². The average Bonchev–Trinajstić information content (AvgIpc) is 3.08. The summed E-state index contributed by atoms with van der Waals surface area (Å²) in [6.45, 7) is -0.560. The monoisotopic (exact) mass is 428 g/mol. The quantitative estimate of drug-likeness (QED) is 0.398. The van der Waals surface area contributed by atoms with Crippen LogP contribution in [0.25, 0.3) is 11.1 Å². The first kappa shape index (κ1) is 22.3. The Kier molecular flexibility index (Phi) is 7.22. The molecule has 0 aliphatic heterocycles. The first-order chi connectivity index (χ1) is 14.9. The van der Waals surface area contributed by atoms with E-state index in [4.69, 9.17) is 14.9 Å². The van der Waals surface area contributed by atoms with Crippen LogP contribution in [-0.4, -0.2) is 65.2 Å². The van der Waals surface area contributed by atoms with Crippen molar-refractivity contribution in [3.8, 4) is 11.1 Å². The summed E-state index contributed by atoms with van der Waals surface area (Å²) in [6, 6.07) is 15.9. The number of aliphatic hydroxyl groups is 2. The molecule has 0 saturated heterocycles. The van der Waals surface area contributed by atoms with Crippen LogP contribution < -0.4 is 10.6 Å². The molecule has 9 nitrogen and oxygen atoms in total. The molecule has 2 atom stereocenters. The van der Waals surface area contributed by atoms with Gasteiger partial charge in [-0.15, -0.1) is 0 Å². The Morgan fingerprint density at radius 3 is 2.06 bits per heavy atom. The van der Waals surface area contributed by atoms with Gasteiger partial charge in [0.15, 0.2) is 6.10 Å². The van der Waals surface area contributed by atoms with Gasteiger partial charge in [-0.05, 0) is 22.3 Å². The molecule has 2 amide bonds. The SMILES string of the molecule is O=C(CC(O)CNC(=O)OCC1c2ccccc2-c2ccccc21)NCC(O)C(=O)O. The number of carbonyl (C=O) groups excluding carboxylic acids is 2. The maximum absolute atomic E-state index is 12.1. The van der Waals surface area contributed by atoms with E-state index < -0.39 is 36.7 Å². The molecule has 0 heterocycles. The molecule has 0 spiro atoms. The van der Waals surface area contributed by atoms with Crippen molar-refractivity contribution in [2.45, 2.75) is 24.5 Å². The summed E-state index contributed by atoms with van der Waals surface area (Å²) in [6.07, 6.45) is -4.00. The van der Waals surface area contributed by atoms with Crippen LogP contribution >= 0.6 is 0 Å². The van der Waals surface area contributed by atoms with Gasteiger partial charge in [-0.3, -0.25) is 4.79 Å². The fourth-order valence-electron chi connectivity index (χ4n) is 3.51. The minimum atomic E-state index is -1.72. The van der Waals surface area contributed by atoms with E-state index in [-0.39, 0.29) is 25.5 Å². The van der Waals surface area contributed by atoms with E-state index in [9.17, 15) is 19.5 Å². The van der Waals surface area contributed by atoms with Gasteiger partial charge in [0.05, 0.1) is 19.1 Å². The molecule has 1 aliphatic carbocycles. The van der Waals surface area contributed by atoms with Crippen molar-refractivity contribution in [1.82, 2.24) is 10.6 Å². The number of rotatable bonds is 9. The van der Waals surface area contributed by atoms with E-state index in [1.54, 1.807) is 0 Å². The second-order valence-corrected chi connectivity index (χ2v) is 7.22. The van der Waals surface area contributed by atoms with E-state index in [1.165, 1.54) is 0 Å². The fraction of sp³-hybridized carbons (Fsp3) is 0.318. The maximum atomic E-state index is 12.1. The molecule has 0 saturated carbocycles. The molecular formula is C22H24N2O7. The van der Waals surface area contributed by atoms with Crippen LogP contribution in [0.1, 0.15) is 23.5 Å². The number of carboxylic acids is 1. The summed E-state index contributed by atoms with van der Waals surface area (Å²) in [5.74, 6) is -2.20. The molecule has 9 heteroatoms. The largest absolute Gasteiger partial charge is 0.479 e. The minimum absolute atomic E-state index is 0.0884. The summed E-state index contributed by atoms with van der Waals surface area (Å²) in [7, 11) is 0. The second kappa shape index (κ2) is 10.1. The van der Waals surface area contributed by atoms with Crippen molar-refractivity contribution in [3.63, 3.8) is 0 Å². The first-order valence-electron chi connectivity index (χ1n) is 9.81. The average molecular weight is 428 g/mol. The highest BCUT2D eigenvalue weighted by atomic mass is 16.5. The third-order valence-electron chi connectivity index (χ3n) is 5.02. The van der Waals surface area contributed by atoms with E-state index in [0.717, 1.165) is 22.3 Å². The molecule has 3 rings (SSSR count). The van der Waals surface area contributed by atoms with Crippen LogP contribution in [0.2, 0.25) is 0 Å². The van der Waals surface area contributed by atoms with E-state index in [1.807, 2.05) is 48.5 Å². The molecule has 1 aliphatic rings. The van der Waals surface area contributed by atoms with Gasteiger partial charge in [0.1, 0.15) is 6.61 Å². The molecule has 2 aromatic rings. The lowest BCUT2D eigenvalue weighted by Gasteiger charge is -2.16. The van der Waals surface area contributed by atoms with Gasteiger partial charge in [0, 0.05) is 12.5 Å². The zero-order valence-corrected chi connectivity index (χ0v) is 16.7. The van der Waals surface area contributed by atoms with E-state index in [2.05, 4.69) is 10.6 Å². The Balaban J connectivity index is 1.45. The number of ether oxygens (including phenoxy) is 1. The molecule has 164 valence electrons. The Bertz CT molecular complexity index is 917. The van der Waals surface area contributed by atoms with Gasteiger partial charge in [-0.25, -0.2) is 9.59 Å². The zero-order valence-electron chi connectivity index (χ0n) is 16.7. The first-order valence-corrected chi connectivity index (χ1v) is 9.81. The molecule has 2 unspecified atom stereocenters. The van der Waals surface area contributed by atoms with Gasteiger partial charge in [-0.1, -0.05) is 48.5 Å². The minimum Gasteiger partial charge on any atom is -0.479 e. The highest BCUT2D eigenvalue weighted by molar-refractivity contribution is 5.79. The third-order valence-corrected chi connectivity index (χ3v) is 5.02. The number of alkyl carbamates (subject to hydrolysis) is 1. The molecule has 0 fully saturated rings. The van der Waals surface area contributed by atoms with Gasteiger partial charge in [0.25, 0.3) is 0 Å². The predicted molar refractivity (Wildman–Crippen MR) is 110 cm³/mol. The van der Waals surface area contributed by atoms with Crippen molar-refractivity contribution in [3.05, 3.63) is 59.7 Å². The number of hydrogen-bond acceptors (Lipinski definition) is 6. The molecule has 0 aromatic heterocycles. The summed E-state index contributed by atoms with van der Waals surface area (Å²) in [5.41, 5.74) is 4.39. The van der Waals surface area contributed by atoms with Crippen LogP contribution in [0.3, 0.4) is 0 Å². The van der Waals surface area contributed by atoms with Crippen molar-refractivity contribution in [1.29, 1.82) is 0 Å². The lowest BCUT2D eigenvalue weighted by molar-refractivity contribution is -0.146. The maximum Gasteiger partial charge on any atom is 0.407 e. The zero-order chi connectivity index (χ0) is 22.4. The normalized spacial score (nSPS) is 14.1. The molecule has 0 radical (unpaired) electrons. The van der Waals surface area contributed by atoms with Gasteiger partial charge in [0.2, 0.25) is 5.91 Å². The van der Waals surface area contributed by atoms with Crippen molar-refractivity contribution in [2.75, 3.05) is 19.7 Å². The number of carbonyl (C=O) groups is 3. The lowest BCUT2D eigenvalue weighted by atomic mass is 9.98. The molecule has 0 bridgehead atoms. The number of nitrogens with one attached hydrogen (secondary N) is 2. The highest BCUT2D eigenvalue weighted by Crippen LogP contribution is 2.44. The van der Waals surface area contributed by atoms with Gasteiger partial charge < -0.3 is 30.7 Å². The fourth-order valence-corrected chi connectivity index (χ4v) is 3.51. The van der Waals surface area contributed by atoms with Crippen molar-refractivity contribution in [2.24, 2.45) is 0 Å². The van der Waals surface area contributed by atoms with Crippen LogP contribution in [0.4, 0.5) is 4.79 Å². The molecule has 5 N–H and O–H groups in total. The smallest absolute Gasteiger partial charge is 0.407 e. The predicted octanol–water partition coefficient (Wildman–Crippen LogP) is 0.838. The Morgan fingerprint density at radius 2 is 1.48 bits per heavy atom. The van der Waals surface area contributed by atoms with Crippen LogP contribution in [-0.2, 0) is 14.3 Å². The number of benzene rings is 2. The van der Waals surface area contributed by atoms with E-state index >= 15 is 0 Å². The lowest BCUT2D eigenvalue weighted by Crippen LogP contribution is -2.40. The number of carboxylic acid groups (broad SMARTS) is 1. The molecule has 31 heavy (non-hydrogen) atoms. The number of fused-ring (bicyclic) bond motifs is 3. The number of aliphatic hydroxyl groups excluding tert-OH is 2. The number of hydrogen-bond donors (Lipinski definition) is 5. The van der Waals surface area contributed by atoms with Crippen molar-refractivity contribution >= 4 is 18.0 Å². The summed E-state index contributed by atoms with van der Waals surface area (Å²) < 4.78 is 5.34. The Labute approximate surface area is 178 Å².